The minimum atomic E-state index is -3.81. The van der Waals surface area contributed by atoms with Gasteiger partial charge >= 0.3 is 0 Å². The van der Waals surface area contributed by atoms with Crippen molar-refractivity contribution in [2.75, 3.05) is 0 Å². The summed E-state index contributed by atoms with van der Waals surface area (Å²) < 4.78 is 36.8. The lowest BCUT2D eigenvalue weighted by Crippen LogP contribution is -2.47. The molecule has 3 heterocycles. The number of rotatable bonds is 6. The Balaban J connectivity index is 1.70. The SMILES string of the molecule is Cc1nn(C(C)C)cc1S(=O)(=O)NC1(c2nc(-c3ccsc3)no2)CCCCC1. The largest absolute Gasteiger partial charge is 0.337 e. The Kier molecular flexibility index (Phi) is 5.34. The standard InChI is InChI=1S/C19H25N5O3S2/c1-13(2)24-11-16(14(3)21-24)29(25,26)23-19(8-5-4-6-9-19)18-20-17(22-27-18)15-7-10-28-12-15/h7,10-13,23H,4-6,8-9H2,1-3H3. The summed E-state index contributed by atoms with van der Waals surface area (Å²) in [5.74, 6) is 0.810. The van der Waals surface area contributed by atoms with Gasteiger partial charge in [-0.3, -0.25) is 4.68 Å². The van der Waals surface area contributed by atoms with E-state index in [1.165, 1.54) is 0 Å². The Hall–Kier alpha value is -2.04. The number of hydrogen-bond donors (Lipinski definition) is 1. The summed E-state index contributed by atoms with van der Waals surface area (Å²) in [6.45, 7) is 5.63. The Labute approximate surface area is 174 Å². The number of sulfonamides is 1. The summed E-state index contributed by atoms with van der Waals surface area (Å²) in [7, 11) is -3.81. The molecule has 1 aliphatic carbocycles. The van der Waals surface area contributed by atoms with Gasteiger partial charge in [0.1, 0.15) is 10.4 Å². The second kappa shape index (κ2) is 7.66. The number of aryl methyl sites for hydroxylation is 1. The third-order valence-corrected chi connectivity index (χ3v) is 7.66. The Bertz CT molecular complexity index is 1080. The molecule has 1 N–H and O–H groups in total. The minimum absolute atomic E-state index is 0.0744. The molecule has 0 spiro atoms. The van der Waals surface area contributed by atoms with Gasteiger partial charge in [-0.15, -0.1) is 0 Å². The molecule has 29 heavy (non-hydrogen) atoms. The van der Waals surface area contributed by atoms with Crippen LogP contribution in [0.15, 0.2) is 32.4 Å². The lowest BCUT2D eigenvalue weighted by Gasteiger charge is -2.34. The molecule has 3 aromatic heterocycles. The molecule has 1 aliphatic rings. The third-order valence-electron chi connectivity index (χ3n) is 5.34. The third kappa shape index (κ3) is 3.88. The monoisotopic (exact) mass is 435 g/mol. The van der Waals surface area contributed by atoms with Crippen LogP contribution in [0, 0.1) is 6.92 Å². The van der Waals surface area contributed by atoms with Crippen LogP contribution in [0.2, 0.25) is 0 Å². The van der Waals surface area contributed by atoms with Gasteiger partial charge in [0.05, 0.1) is 5.69 Å². The molecular formula is C19H25N5O3S2. The van der Waals surface area contributed by atoms with Crippen LogP contribution in [0.3, 0.4) is 0 Å². The van der Waals surface area contributed by atoms with Crippen LogP contribution in [0.5, 0.6) is 0 Å². The number of nitrogens with zero attached hydrogens (tertiary/aromatic N) is 4. The molecule has 8 nitrogen and oxygen atoms in total. The first-order valence-corrected chi connectivity index (χ1v) is 12.2. The maximum absolute atomic E-state index is 13.3. The van der Waals surface area contributed by atoms with Gasteiger partial charge in [-0.25, -0.2) is 8.42 Å². The Morgan fingerprint density at radius 1 is 1.28 bits per heavy atom. The fraction of sp³-hybridized carbons (Fsp3) is 0.526. The number of thiophene rings is 1. The van der Waals surface area contributed by atoms with Crippen LogP contribution in [0.1, 0.15) is 63.6 Å². The summed E-state index contributed by atoms with van der Waals surface area (Å²) in [6, 6.07) is 1.99. The molecule has 1 saturated carbocycles. The van der Waals surface area contributed by atoms with E-state index in [9.17, 15) is 8.42 Å². The molecule has 0 radical (unpaired) electrons. The van der Waals surface area contributed by atoms with Gasteiger partial charge in [0.15, 0.2) is 0 Å². The van der Waals surface area contributed by atoms with Crippen molar-refractivity contribution in [2.24, 2.45) is 0 Å². The molecule has 0 aromatic carbocycles. The number of nitrogens with one attached hydrogen (secondary N) is 1. The molecule has 0 atom stereocenters. The average Bonchev–Trinajstić information content (AvgIpc) is 3.42. The predicted octanol–water partition coefficient (Wildman–Crippen LogP) is 4.02. The van der Waals surface area contributed by atoms with Crippen molar-refractivity contribution in [3.8, 4) is 11.4 Å². The van der Waals surface area contributed by atoms with Gasteiger partial charge in [0, 0.05) is 23.2 Å². The smallest absolute Gasteiger partial charge is 0.248 e. The second-order valence-corrected chi connectivity index (χ2v) is 10.3. The van der Waals surface area contributed by atoms with Crippen LogP contribution in [0.4, 0.5) is 0 Å². The summed E-state index contributed by atoms with van der Waals surface area (Å²) in [4.78, 5) is 4.75. The first-order valence-electron chi connectivity index (χ1n) is 9.77. The predicted molar refractivity (Wildman–Crippen MR) is 110 cm³/mol. The fourth-order valence-corrected chi connectivity index (χ4v) is 5.97. The van der Waals surface area contributed by atoms with Gasteiger partial charge in [0.2, 0.25) is 21.7 Å². The normalized spacial score (nSPS) is 17.1. The summed E-state index contributed by atoms with van der Waals surface area (Å²) in [6.07, 6.45) is 5.67. The highest BCUT2D eigenvalue weighted by atomic mass is 32.2. The van der Waals surface area contributed by atoms with Crippen molar-refractivity contribution in [1.82, 2.24) is 24.6 Å². The summed E-state index contributed by atoms with van der Waals surface area (Å²) >= 11 is 1.55. The highest BCUT2D eigenvalue weighted by Crippen LogP contribution is 2.38. The van der Waals surface area contributed by atoms with E-state index in [1.807, 2.05) is 30.7 Å². The average molecular weight is 436 g/mol. The lowest BCUT2D eigenvalue weighted by atomic mass is 9.82. The molecule has 0 unspecified atom stereocenters. The summed E-state index contributed by atoms with van der Waals surface area (Å²) in [5.41, 5.74) is 0.444. The van der Waals surface area contributed by atoms with Crippen LogP contribution < -0.4 is 4.72 Å². The fourth-order valence-electron chi connectivity index (χ4n) is 3.75. The molecule has 10 heteroatoms. The topological polar surface area (TPSA) is 103 Å². The Morgan fingerprint density at radius 2 is 2.03 bits per heavy atom. The zero-order chi connectivity index (χ0) is 20.6. The van der Waals surface area contributed by atoms with Crippen LogP contribution >= 0.6 is 11.3 Å². The van der Waals surface area contributed by atoms with Gasteiger partial charge in [-0.1, -0.05) is 24.4 Å². The van der Waals surface area contributed by atoms with Crippen molar-refractivity contribution in [1.29, 1.82) is 0 Å². The molecule has 156 valence electrons. The van der Waals surface area contributed by atoms with Crippen LogP contribution in [0.25, 0.3) is 11.4 Å². The van der Waals surface area contributed by atoms with Crippen molar-refractivity contribution in [3.05, 3.63) is 34.6 Å². The van der Waals surface area contributed by atoms with Crippen LogP contribution in [-0.4, -0.2) is 28.3 Å². The maximum atomic E-state index is 13.3. The maximum Gasteiger partial charge on any atom is 0.248 e. The molecule has 0 saturated heterocycles. The molecule has 4 rings (SSSR count). The van der Waals surface area contributed by atoms with Crippen molar-refractivity contribution in [3.63, 3.8) is 0 Å². The Morgan fingerprint density at radius 3 is 2.66 bits per heavy atom. The van der Waals surface area contributed by atoms with E-state index < -0.39 is 15.6 Å². The molecular weight excluding hydrogens is 410 g/mol. The molecule has 0 amide bonds. The zero-order valence-electron chi connectivity index (χ0n) is 16.8. The lowest BCUT2D eigenvalue weighted by molar-refractivity contribution is 0.199. The summed E-state index contributed by atoms with van der Waals surface area (Å²) in [5, 5.41) is 12.3. The van der Waals surface area contributed by atoms with Crippen LogP contribution in [-0.2, 0) is 15.6 Å². The molecule has 1 fully saturated rings. The highest BCUT2D eigenvalue weighted by molar-refractivity contribution is 7.89. The van der Waals surface area contributed by atoms with Crippen molar-refractivity contribution in [2.45, 2.75) is 69.4 Å². The van der Waals surface area contributed by atoms with E-state index in [4.69, 9.17) is 4.52 Å². The first kappa shape index (κ1) is 20.2. The van der Waals surface area contributed by atoms with Crippen molar-refractivity contribution < 1.29 is 12.9 Å². The van der Waals surface area contributed by atoms with E-state index in [0.717, 1.165) is 24.8 Å². The molecule has 0 aliphatic heterocycles. The van der Waals surface area contributed by atoms with E-state index in [2.05, 4.69) is 20.0 Å². The van der Waals surface area contributed by atoms with Gasteiger partial charge in [-0.2, -0.15) is 26.1 Å². The van der Waals surface area contributed by atoms with E-state index in [-0.39, 0.29) is 10.9 Å². The van der Waals surface area contributed by atoms with Gasteiger partial charge in [-0.05, 0) is 45.1 Å². The minimum Gasteiger partial charge on any atom is -0.337 e. The number of aromatic nitrogens is 4. The quantitative estimate of drug-likeness (QED) is 0.627. The zero-order valence-corrected chi connectivity index (χ0v) is 18.4. The number of hydrogen-bond acceptors (Lipinski definition) is 7. The molecule has 0 bridgehead atoms. The first-order chi connectivity index (χ1) is 13.8. The van der Waals surface area contributed by atoms with E-state index >= 15 is 0 Å². The van der Waals surface area contributed by atoms with Crippen molar-refractivity contribution >= 4 is 21.4 Å². The van der Waals surface area contributed by atoms with E-state index in [0.29, 0.717) is 30.3 Å². The van der Waals surface area contributed by atoms with Gasteiger partial charge < -0.3 is 4.52 Å². The van der Waals surface area contributed by atoms with E-state index in [1.54, 1.807) is 29.1 Å². The highest BCUT2D eigenvalue weighted by Gasteiger charge is 2.43. The molecule has 3 aromatic rings. The van der Waals surface area contributed by atoms with Gasteiger partial charge in [0.25, 0.3) is 0 Å². The second-order valence-electron chi connectivity index (χ2n) is 7.84.